The molecule has 1 fully saturated rings. The van der Waals surface area contributed by atoms with Crippen LogP contribution in [0.1, 0.15) is 30.9 Å². The van der Waals surface area contributed by atoms with Gasteiger partial charge >= 0.3 is 0 Å². The lowest BCUT2D eigenvalue weighted by molar-refractivity contribution is 0.314. The van der Waals surface area contributed by atoms with Gasteiger partial charge in [-0.1, -0.05) is 6.07 Å². The molecule has 1 atom stereocenters. The summed E-state index contributed by atoms with van der Waals surface area (Å²) in [6.07, 6.45) is 3.16. The average Bonchev–Trinajstić information content (AvgIpc) is 2.38. The van der Waals surface area contributed by atoms with Crippen molar-refractivity contribution in [2.75, 3.05) is 20.1 Å². The zero-order valence-electron chi connectivity index (χ0n) is 10.7. The molecule has 1 aromatic rings. The highest BCUT2D eigenvalue weighted by molar-refractivity contribution is 5.22. The van der Waals surface area contributed by atoms with E-state index in [4.69, 9.17) is 0 Å². The summed E-state index contributed by atoms with van der Waals surface area (Å²) in [5.41, 5.74) is 0.567. The van der Waals surface area contributed by atoms with Crippen molar-refractivity contribution >= 4 is 0 Å². The number of nitrogens with one attached hydrogen (secondary N) is 2. The fraction of sp³-hybridized carbons (Fsp3) is 0.571. The van der Waals surface area contributed by atoms with Crippen LogP contribution in [0.4, 0.5) is 8.78 Å². The van der Waals surface area contributed by atoms with Crippen LogP contribution < -0.4 is 10.6 Å². The SMILES string of the molecule is CNC(CC1CCNCC1)c1ccc(F)cc1F. The number of piperidine rings is 1. The maximum Gasteiger partial charge on any atom is 0.130 e. The number of hydrogen-bond donors (Lipinski definition) is 2. The number of benzene rings is 1. The summed E-state index contributed by atoms with van der Waals surface area (Å²) in [6, 6.07) is 3.80. The van der Waals surface area contributed by atoms with E-state index in [0.29, 0.717) is 11.5 Å². The van der Waals surface area contributed by atoms with Gasteiger partial charge in [0.15, 0.2) is 0 Å². The van der Waals surface area contributed by atoms with E-state index in [0.717, 1.165) is 38.4 Å². The Bertz CT molecular complexity index is 389. The Hall–Kier alpha value is -1.00. The lowest BCUT2D eigenvalue weighted by atomic mass is 9.88. The molecule has 0 aliphatic carbocycles. The van der Waals surface area contributed by atoms with Crippen molar-refractivity contribution in [3.63, 3.8) is 0 Å². The zero-order chi connectivity index (χ0) is 13.0. The molecule has 100 valence electrons. The molecule has 2 rings (SSSR count). The Morgan fingerprint density at radius 3 is 2.67 bits per heavy atom. The van der Waals surface area contributed by atoms with Crippen molar-refractivity contribution in [2.45, 2.75) is 25.3 Å². The van der Waals surface area contributed by atoms with Crippen molar-refractivity contribution in [3.05, 3.63) is 35.4 Å². The van der Waals surface area contributed by atoms with E-state index in [2.05, 4.69) is 10.6 Å². The fourth-order valence-electron chi connectivity index (χ4n) is 2.64. The Kier molecular flexibility index (Phi) is 4.66. The first-order valence-corrected chi connectivity index (χ1v) is 6.53. The van der Waals surface area contributed by atoms with Gasteiger partial charge in [0.05, 0.1) is 0 Å². The summed E-state index contributed by atoms with van der Waals surface area (Å²) >= 11 is 0. The van der Waals surface area contributed by atoms with Crippen molar-refractivity contribution in [1.29, 1.82) is 0 Å². The molecule has 1 unspecified atom stereocenters. The highest BCUT2D eigenvalue weighted by Crippen LogP contribution is 2.28. The average molecular weight is 254 g/mol. The minimum Gasteiger partial charge on any atom is -0.317 e. The lowest BCUT2D eigenvalue weighted by Crippen LogP contribution is -2.30. The summed E-state index contributed by atoms with van der Waals surface area (Å²) in [5.74, 6) is -0.371. The van der Waals surface area contributed by atoms with Gasteiger partial charge in [0.25, 0.3) is 0 Å². The summed E-state index contributed by atoms with van der Waals surface area (Å²) in [4.78, 5) is 0. The molecule has 1 aliphatic rings. The lowest BCUT2D eigenvalue weighted by Gasteiger charge is -2.27. The molecule has 0 aromatic heterocycles. The van der Waals surface area contributed by atoms with E-state index in [1.54, 1.807) is 6.07 Å². The molecule has 1 saturated heterocycles. The van der Waals surface area contributed by atoms with Crippen molar-refractivity contribution in [2.24, 2.45) is 5.92 Å². The Morgan fingerprint density at radius 2 is 2.06 bits per heavy atom. The van der Waals surface area contributed by atoms with Crippen LogP contribution in [0.5, 0.6) is 0 Å². The molecule has 1 aliphatic heterocycles. The molecule has 18 heavy (non-hydrogen) atoms. The molecule has 0 spiro atoms. The monoisotopic (exact) mass is 254 g/mol. The molecule has 2 N–H and O–H groups in total. The normalized spacial score (nSPS) is 18.8. The fourth-order valence-corrected chi connectivity index (χ4v) is 2.64. The quantitative estimate of drug-likeness (QED) is 0.863. The first kappa shape index (κ1) is 13.4. The molecule has 0 amide bonds. The van der Waals surface area contributed by atoms with Crippen LogP contribution in [0.15, 0.2) is 18.2 Å². The highest BCUT2D eigenvalue weighted by Gasteiger charge is 2.21. The third-order valence-electron chi connectivity index (χ3n) is 3.71. The second kappa shape index (κ2) is 6.25. The standard InChI is InChI=1S/C14H20F2N2/c1-17-14(8-10-4-6-18-7-5-10)12-3-2-11(15)9-13(12)16/h2-3,9-10,14,17-18H,4-8H2,1H3. The van der Waals surface area contributed by atoms with E-state index >= 15 is 0 Å². The Balaban J connectivity index is 2.07. The van der Waals surface area contributed by atoms with E-state index in [1.165, 1.54) is 6.07 Å². The third-order valence-corrected chi connectivity index (χ3v) is 3.71. The van der Waals surface area contributed by atoms with Crippen LogP contribution in [0.3, 0.4) is 0 Å². The van der Waals surface area contributed by atoms with Gasteiger partial charge in [-0.15, -0.1) is 0 Å². The second-order valence-corrected chi connectivity index (χ2v) is 4.94. The molecule has 1 aromatic carbocycles. The maximum absolute atomic E-state index is 13.7. The van der Waals surface area contributed by atoms with Crippen LogP contribution in [-0.2, 0) is 0 Å². The van der Waals surface area contributed by atoms with Crippen LogP contribution in [0, 0.1) is 17.6 Å². The molecular weight excluding hydrogens is 234 g/mol. The van der Waals surface area contributed by atoms with E-state index < -0.39 is 11.6 Å². The van der Waals surface area contributed by atoms with Gasteiger partial charge in [0.1, 0.15) is 11.6 Å². The summed E-state index contributed by atoms with van der Waals surface area (Å²) < 4.78 is 26.7. The predicted octanol–water partition coefficient (Wildman–Crippen LogP) is 2.62. The summed E-state index contributed by atoms with van der Waals surface area (Å²) in [5, 5.41) is 6.46. The largest absolute Gasteiger partial charge is 0.317 e. The van der Waals surface area contributed by atoms with Gasteiger partial charge < -0.3 is 10.6 Å². The third kappa shape index (κ3) is 3.27. The van der Waals surface area contributed by atoms with Gasteiger partial charge in [-0.25, -0.2) is 8.78 Å². The van der Waals surface area contributed by atoms with Gasteiger partial charge in [0.2, 0.25) is 0 Å². The predicted molar refractivity (Wildman–Crippen MR) is 68.4 cm³/mol. The Labute approximate surface area is 107 Å². The summed E-state index contributed by atoms with van der Waals surface area (Å²) in [7, 11) is 1.83. The van der Waals surface area contributed by atoms with Crippen LogP contribution in [0.2, 0.25) is 0 Å². The van der Waals surface area contributed by atoms with Crippen molar-refractivity contribution in [1.82, 2.24) is 10.6 Å². The van der Waals surface area contributed by atoms with Gasteiger partial charge in [-0.05, 0) is 51.4 Å². The van der Waals surface area contributed by atoms with E-state index in [9.17, 15) is 8.78 Å². The first-order valence-electron chi connectivity index (χ1n) is 6.53. The molecule has 0 bridgehead atoms. The maximum atomic E-state index is 13.7. The van der Waals surface area contributed by atoms with E-state index in [-0.39, 0.29) is 6.04 Å². The van der Waals surface area contributed by atoms with Gasteiger partial charge in [-0.3, -0.25) is 0 Å². The molecule has 0 radical (unpaired) electrons. The van der Waals surface area contributed by atoms with Crippen LogP contribution >= 0.6 is 0 Å². The number of halogens is 2. The molecule has 1 heterocycles. The minimum atomic E-state index is -0.520. The van der Waals surface area contributed by atoms with E-state index in [1.807, 2.05) is 7.05 Å². The Morgan fingerprint density at radius 1 is 1.33 bits per heavy atom. The molecule has 2 nitrogen and oxygen atoms in total. The van der Waals surface area contributed by atoms with Crippen LogP contribution in [-0.4, -0.2) is 20.1 Å². The summed E-state index contributed by atoms with van der Waals surface area (Å²) in [6.45, 7) is 2.07. The number of rotatable bonds is 4. The first-order chi connectivity index (χ1) is 8.70. The smallest absolute Gasteiger partial charge is 0.130 e. The number of hydrogen-bond acceptors (Lipinski definition) is 2. The molecular formula is C14H20F2N2. The van der Waals surface area contributed by atoms with Gasteiger partial charge in [0, 0.05) is 17.7 Å². The van der Waals surface area contributed by atoms with Gasteiger partial charge in [-0.2, -0.15) is 0 Å². The zero-order valence-corrected chi connectivity index (χ0v) is 10.7. The second-order valence-electron chi connectivity index (χ2n) is 4.94. The molecule has 0 saturated carbocycles. The van der Waals surface area contributed by atoms with Crippen molar-refractivity contribution in [3.8, 4) is 0 Å². The van der Waals surface area contributed by atoms with Crippen LogP contribution in [0.25, 0.3) is 0 Å². The molecule has 4 heteroatoms. The minimum absolute atomic E-state index is 0.0336. The topological polar surface area (TPSA) is 24.1 Å². The highest BCUT2D eigenvalue weighted by atomic mass is 19.1. The van der Waals surface area contributed by atoms with Crippen molar-refractivity contribution < 1.29 is 8.78 Å².